The fraction of sp³-hybridized carbons (Fsp3) is 0.333. The fourth-order valence-electron chi connectivity index (χ4n) is 3.35. The molecule has 138 valence electrons. The molecule has 4 nitrogen and oxygen atoms in total. The Morgan fingerprint density at radius 1 is 1.12 bits per heavy atom. The van der Waals surface area contributed by atoms with Gasteiger partial charge in [0.25, 0.3) is 0 Å². The summed E-state index contributed by atoms with van der Waals surface area (Å²) in [7, 11) is -3.69. The summed E-state index contributed by atoms with van der Waals surface area (Å²) < 4.78 is 34.5. The largest absolute Gasteiger partial charge is 0.352 e. The second kappa shape index (κ2) is 7.35. The summed E-state index contributed by atoms with van der Waals surface area (Å²) in [5.74, 6) is -0.133. The van der Waals surface area contributed by atoms with E-state index in [1.54, 1.807) is 18.2 Å². The van der Waals surface area contributed by atoms with Gasteiger partial charge in [-0.3, -0.25) is 0 Å². The molecule has 4 atom stereocenters. The van der Waals surface area contributed by atoms with E-state index >= 15 is 0 Å². The van der Waals surface area contributed by atoms with Crippen LogP contribution in [0.2, 0.25) is 0 Å². The molecule has 1 fully saturated rings. The second-order valence-electron chi connectivity index (χ2n) is 6.84. The fourth-order valence-corrected chi connectivity index (χ4v) is 5.14. The number of sulfonamides is 1. The second-order valence-corrected chi connectivity index (χ2v) is 8.68. The quantitative estimate of drug-likeness (QED) is 0.737. The molecule has 1 aliphatic rings. The Hall–Kier alpha value is -1.95. The number of benzene rings is 2. The summed E-state index contributed by atoms with van der Waals surface area (Å²) in [6.07, 6.45) is 0.838. The van der Waals surface area contributed by atoms with E-state index in [1.807, 2.05) is 63.2 Å². The standard InChI is InChI=1S/C21H25NO3S/c1-5-16(3)21-22(26(23,24)19-13-11-15(2)12-14-19)17(4)20(25-21)18-9-7-6-8-10-18/h5-14,16-17,20-21H,1H2,2-4H3/t16-,17+,20+,21-/m1/s1. The van der Waals surface area contributed by atoms with Gasteiger partial charge >= 0.3 is 0 Å². The minimum absolute atomic E-state index is 0.133. The van der Waals surface area contributed by atoms with Crippen LogP contribution < -0.4 is 0 Å². The first-order valence-electron chi connectivity index (χ1n) is 8.79. The van der Waals surface area contributed by atoms with Gasteiger partial charge in [-0.1, -0.05) is 61.0 Å². The third-order valence-corrected chi connectivity index (χ3v) is 6.89. The molecule has 0 bridgehead atoms. The maximum Gasteiger partial charge on any atom is 0.245 e. The van der Waals surface area contributed by atoms with Crippen molar-refractivity contribution >= 4 is 10.0 Å². The van der Waals surface area contributed by atoms with Crippen LogP contribution in [0.25, 0.3) is 0 Å². The number of hydrogen-bond acceptors (Lipinski definition) is 3. The van der Waals surface area contributed by atoms with E-state index in [2.05, 4.69) is 6.58 Å². The van der Waals surface area contributed by atoms with Gasteiger partial charge in [0.15, 0.2) is 0 Å². The van der Waals surface area contributed by atoms with Crippen molar-refractivity contribution in [3.8, 4) is 0 Å². The smallest absolute Gasteiger partial charge is 0.245 e. The molecule has 0 aliphatic carbocycles. The van der Waals surface area contributed by atoms with Crippen molar-refractivity contribution in [3.63, 3.8) is 0 Å². The molecule has 1 aliphatic heterocycles. The molecule has 0 amide bonds. The molecule has 5 heteroatoms. The highest BCUT2D eigenvalue weighted by molar-refractivity contribution is 7.89. The lowest BCUT2D eigenvalue weighted by Gasteiger charge is -2.28. The normalized spacial score (nSPS) is 25.1. The number of aryl methyl sites for hydroxylation is 1. The molecule has 1 saturated heterocycles. The van der Waals surface area contributed by atoms with Gasteiger partial charge in [0.05, 0.1) is 10.9 Å². The number of hydrogen-bond donors (Lipinski definition) is 0. The minimum atomic E-state index is -3.69. The number of nitrogens with zero attached hydrogens (tertiary/aromatic N) is 1. The SMILES string of the molecule is C=C[C@@H](C)[C@H]1O[C@H](c2ccccc2)[C@H](C)N1S(=O)(=O)c1ccc(C)cc1. The van der Waals surface area contributed by atoms with Crippen molar-refractivity contribution in [3.05, 3.63) is 78.4 Å². The van der Waals surface area contributed by atoms with Crippen molar-refractivity contribution in [2.45, 2.75) is 44.0 Å². The average Bonchev–Trinajstić information content (AvgIpc) is 3.00. The first-order valence-corrected chi connectivity index (χ1v) is 10.2. The van der Waals surface area contributed by atoms with E-state index in [4.69, 9.17) is 4.74 Å². The molecule has 0 radical (unpaired) electrons. The summed E-state index contributed by atoms with van der Waals surface area (Å²) in [6, 6.07) is 16.4. The summed E-state index contributed by atoms with van der Waals surface area (Å²) in [5.41, 5.74) is 2.00. The van der Waals surface area contributed by atoms with Crippen molar-refractivity contribution in [1.82, 2.24) is 4.31 Å². The third kappa shape index (κ3) is 3.34. The van der Waals surface area contributed by atoms with Crippen molar-refractivity contribution in [1.29, 1.82) is 0 Å². The van der Waals surface area contributed by atoms with Gasteiger partial charge in [-0.05, 0) is 31.5 Å². The highest BCUT2D eigenvalue weighted by Crippen LogP contribution is 2.41. The molecule has 2 aromatic rings. The Bertz CT molecular complexity index is 862. The Kier molecular flexibility index (Phi) is 5.32. The number of rotatable bonds is 5. The van der Waals surface area contributed by atoms with Crippen LogP contribution in [0.1, 0.15) is 31.1 Å². The van der Waals surface area contributed by atoms with Crippen LogP contribution in [0.4, 0.5) is 0 Å². The molecule has 0 N–H and O–H groups in total. The Morgan fingerprint density at radius 2 is 1.73 bits per heavy atom. The first-order chi connectivity index (χ1) is 12.4. The van der Waals surface area contributed by atoms with Gasteiger partial charge in [-0.2, -0.15) is 4.31 Å². The zero-order valence-corrected chi connectivity index (χ0v) is 16.2. The summed E-state index contributed by atoms with van der Waals surface area (Å²) >= 11 is 0. The predicted octanol–water partition coefficient (Wildman–Crippen LogP) is 4.29. The molecule has 0 spiro atoms. The van der Waals surface area contributed by atoms with Crippen LogP contribution in [-0.4, -0.2) is 25.0 Å². The highest BCUT2D eigenvalue weighted by atomic mass is 32.2. The van der Waals surface area contributed by atoms with Crippen molar-refractivity contribution in [2.75, 3.05) is 0 Å². The molecule has 0 unspecified atom stereocenters. The van der Waals surface area contributed by atoms with Crippen LogP contribution in [0.3, 0.4) is 0 Å². The van der Waals surface area contributed by atoms with Crippen LogP contribution in [-0.2, 0) is 14.8 Å². The molecule has 1 heterocycles. The molecular weight excluding hydrogens is 346 g/mol. The monoisotopic (exact) mass is 371 g/mol. The Labute approximate surface area is 156 Å². The molecule has 2 aromatic carbocycles. The zero-order chi connectivity index (χ0) is 18.9. The van der Waals surface area contributed by atoms with E-state index in [0.717, 1.165) is 11.1 Å². The lowest BCUT2D eigenvalue weighted by atomic mass is 10.0. The van der Waals surface area contributed by atoms with Gasteiger partial charge in [-0.15, -0.1) is 6.58 Å². The van der Waals surface area contributed by atoms with Crippen LogP contribution in [0.5, 0.6) is 0 Å². The van der Waals surface area contributed by atoms with Crippen LogP contribution in [0, 0.1) is 12.8 Å². The van der Waals surface area contributed by atoms with E-state index in [9.17, 15) is 8.42 Å². The average molecular weight is 372 g/mol. The van der Waals surface area contributed by atoms with Gasteiger partial charge < -0.3 is 4.74 Å². The van der Waals surface area contributed by atoms with E-state index in [-0.39, 0.29) is 23.0 Å². The molecule has 0 aromatic heterocycles. The first kappa shape index (κ1) is 18.8. The Balaban J connectivity index is 2.04. The van der Waals surface area contributed by atoms with Gasteiger partial charge in [0.2, 0.25) is 10.0 Å². The topological polar surface area (TPSA) is 46.6 Å². The summed E-state index contributed by atoms with van der Waals surface area (Å²) in [4.78, 5) is 0.286. The van der Waals surface area contributed by atoms with Gasteiger partial charge in [-0.25, -0.2) is 8.42 Å². The maximum atomic E-state index is 13.4. The Morgan fingerprint density at radius 3 is 2.31 bits per heavy atom. The highest BCUT2D eigenvalue weighted by Gasteiger charge is 2.48. The van der Waals surface area contributed by atoms with E-state index in [1.165, 1.54) is 4.31 Å². The summed E-state index contributed by atoms with van der Waals surface area (Å²) in [5, 5.41) is 0. The van der Waals surface area contributed by atoms with Crippen molar-refractivity contribution in [2.24, 2.45) is 5.92 Å². The van der Waals surface area contributed by atoms with Crippen LogP contribution in [0.15, 0.2) is 72.1 Å². The predicted molar refractivity (Wildman–Crippen MR) is 103 cm³/mol. The number of ether oxygens (including phenoxy) is 1. The molecule has 3 rings (SSSR count). The van der Waals surface area contributed by atoms with Crippen LogP contribution >= 0.6 is 0 Å². The lowest BCUT2D eigenvalue weighted by molar-refractivity contribution is -0.00144. The molecular formula is C21H25NO3S. The molecule has 0 saturated carbocycles. The van der Waals surface area contributed by atoms with E-state index in [0.29, 0.717) is 0 Å². The van der Waals surface area contributed by atoms with Gasteiger partial charge in [0.1, 0.15) is 12.3 Å². The minimum Gasteiger partial charge on any atom is -0.352 e. The lowest BCUT2D eigenvalue weighted by Crippen LogP contribution is -2.43. The van der Waals surface area contributed by atoms with Gasteiger partial charge in [0, 0.05) is 5.92 Å². The van der Waals surface area contributed by atoms with Crippen molar-refractivity contribution < 1.29 is 13.2 Å². The third-order valence-electron chi connectivity index (χ3n) is 4.92. The van der Waals surface area contributed by atoms with E-state index < -0.39 is 16.3 Å². The summed E-state index contributed by atoms with van der Waals surface area (Å²) in [6.45, 7) is 9.59. The maximum absolute atomic E-state index is 13.4. The zero-order valence-electron chi connectivity index (χ0n) is 15.4. The molecule has 26 heavy (non-hydrogen) atoms.